The number of hydrogen-bond acceptors (Lipinski definition) is 2. The van der Waals surface area contributed by atoms with Crippen LogP contribution in [-0.4, -0.2) is 9.97 Å². The fourth-order valence-corrected chi connectivity index (χ4v) is 1.92. The van der Waals surface area contributed by atoms with Crippen LogP contribution in [0.1, 0.15) is 17.2 Å². The van der Waals surface area contributed by atoms with E-state index in [4.69, 9.17) is 4.42 Å². The summed E-state index contributed by atoms with van der Waals surface area (Å²) in [5, 5.41) is 1.23. The maximum atomic E-state index is 5.48. The van der Waals surface area contributed by atoms with Crippen molar-refractivity contribution < 1.29 is 4.42 Å². The van der Waals surface area contributed by atoms with E-state index < -0.39 is 0 Å². The van der Waals surface area contributed by atoms with Gasteiger partial charge in [0.25, 0.3) is 0 Å². The van der Waals surface area contributed by atoms with Crippen LogP contribution in [0.3, 0.4) is 0 Å². The molecule has 3 heteroatoms. The van der Waals surface area contributed by atoms with Crippen molar-refractivity contribution in [2.75, 3.05) is 0 Å². The van der Waals surface area contributed by atoms with Crippen LogP contribution in [0.2, 0.25) is 0 Å². The van der Waals surface area contributed by atoms with E-state index in [1.54, 1.807) is 6.20 Å². The summed E-state index contributed by atoms with van der Waals surface area (Å²) in [6.45, 7) is 1.91. The second-order valence-corrected chi connectivity index (χ2v) is 3.90. The molecule has 0 bridgehead atoms. The van der Waals surface area contributed by atoms with Gasteiger partial charge in [-0.3, -0.25) is 0 Å². The number of benzene rings is 1. The first kappa shape index (κ1) is 9.21. The normalized spacial score (nSPS) is 11.1. The number of para-hydroxylation sites is 1. The Balaban J connectivity index is 2.00. The van der Waals surface area contributed by atoms with Crippen molar-refractivity contribution in [3.05, 3.63) is 53.9 Å². The summed E-state index contributed by atoms with van der Waals surface area (Å²) in [5.74, 6) is 1.62. The Bertz CT molecular complexity index is 621. The van der Waals surface area contributed by atoms with Gasteiger partial charge in [0.15, 0.2) is 5.89 Å². The minimum absolute atomic E-state index is 0.734. The molecule has 0 aliphatic heterocycles. The van der Waals surface area contributed by atoms with E-state index in [9.17, 15) is 0 Å². The molecular weight excluding hydrogens is 200 g/mol. The van der Waals surface area contributed by atoms with Crippen molar-refractivity contribution in [2.24, 2.45) is 0 Å². The molecule has 0 unspecified atom stereocenters. The lowest BCUT2D eigenvalue weighted by Crippen LogP contribution is -1.85. The summed E-state index contributed by atoms with van der Waals surface area (Å²) in [7, 11) is 0. The third kappa shape index (κ3) is 1.50. The molecule has 2 heterocycles. The standard InChI is InChI=1S/C13H12N2O/c1-9-7-15-13(16-9)6-10-8-14-12-5-3-2-4-11(10)12/h2-5,7-8,14H,6H2,1H3. The highest BCUT2D eigenvalue weighted by Crippen LogP contribution is 2.20. The molecular formula is C13H12N2O. The van der Waals surface area contributed by atoms with Gasteiger partial charge in [-0.2, -0.15) is 0 Å². The largest absolute Gasteiger partial charge is 0.446 e. The van der Waals surface area contributed by atoms with Crippen molar-refractivity contribution in [3.63, 3.8) is 0 Å². The van der Waals surface area contributed by atoms with E-state index in [0.717, 1.165) is 23.6 Å². The summed E-state index contributed by atoms with van der Waals surface area (Å²) in [5.41, 5.74) is 2.37. The average Bonchev–Trinajstić information content (AvgIpc) is 2.87. The van der Waals surface area contributed by atoms with Gasteiger partial charge in [0.1, 0.15) is 5.76 Å². The number of aromatic amines is 1. The minimum Gasteiger partial charge on any atom is -0.446 e. The quantitative estimate of drug-likeness (QED) is 0.709. The smallest absolute Gasteiger partial charge is 0.198 e. The Morgan fingerprint density at radius 2 is 2.19 bits per heavy atom. The van der Waals surface area contributed by atoms with Crippen LogP contribution in [0.4, 0.5) is 0 Å². The number of hydrogen-bond donors (Lipinski definition) is 1. The van der Waals surface area contributed by atoms with Gasteiger partial charge in [0, 0.05) is 17.1 Å². The van der Waals surface area contributed by atoms with Gasteiger partial charge in [0.2, 0.25) is 0 Å². The first-order chi connectivity index (χ1) is 7.83. The SMILES string of the molecule is Cc1cnc(Cc2c[nH]c3ccccc23)o1. The Labute approximate surface area is 93.1 Å². The number of nitrogens with zero attached hydrogens (tertiary/aromatic N) is 1. The van der Waals surface area contributed by atoms with Gasteiger partial charge in [-0.15, -0.1) is 0 Å². The van der Waals surface area contributed by atoms with Crippen LogP contribution in [0.5, 0.6) is 0 Å². The zero-order valence-electron chi connectivity index (χ0n) is 9.03. The van der Waals surface area contributed by atoms with Crippen molar-refractivity contribution in [1.82, 2.24) is 9.97 Å². The van der Waals surface area contributed by atoms with Gasteiger partial charge in [-0.05, 0) is 18.6 Å². The number of fused-ring (bicyclic) bond motifs is 1. The Morgan fingerprint density at radius 3 is 3.00 bits per heavy atom. The van der Waals surface area contributed by atoms with Crippen LogP contribution in [0.25, 0.3) is 10.9 Å². The summed E-state index contributed by atoms with van der Waals surface area (Å²) in [4.78, 5) is 7.46. The number of H-pyrrole nitrogens is 1. The molecule has 80 valence electrons. The molecule has 3 aromatic rings. The van der Waals surface area contributed by atoms with E-state index >= 15 is 0 Å². The summed E-state index contributed by atoms with van der Waals surface area (Å²) in [6.07, 6.45) is 4.51. The molecule has 0 aliphatic rings. The number of rotatable bonds is 2. The molecule has 3 rings (SSSR count). The zero-order chi connectivity index (χ0) is 11.0. The molecule has 0 atom stereocenters. The second kappa shape index (κ2) is 3.52. The predicted molar refractivity (Wildman–Crippen MR) is 62.3 cm³/mol. The summed E-state index contributed by atoms with van der Waals surface area (Å²) >= 11 is 0. The van der Waals surface area contributed by atoms with Crippen LogP contribution in [0.15, 0.2) is 41.1 Å². The Hall–Kier alpha value is -2.03. The highest BCUT2D eigenvalue weighted by molar-refractivity contribution is 5.83. The third-order valence-electron chi connectivity index (χ3n) is 2.69. The predicted octanol–water partition coefficient (Wildman–Crippen LogP) is 3.06. The maximum Gasteiger partial charge on any atom is 0.198 e. The second-order valence-electron chi connectivity index (χ2n) is 3.90. The molecule has 0 fully saturated rings. The van der Waals surface area contributed by atoms with Crippen LogP contribution < -0.4 is 0 Å². The molecule has 0 aliphatic carbocycles. The van der Waals surface area contributed by atoms with Crippen LogP contribution in [0, 0.1) is 6.92 Å². The lowest BCUT2D eigenvalue weighted by Gasteiger charge is -1.94. The number of aromatic nitrogens is 2. The lowest BCUT2D eigenvalue weighted by molar-refractivity contribution is 0.482. The minimum atomic E-state index is 0.734. The van der Waals surface area contributed by atoms with Gasteiger partial charge in [-0.25, -0.2) is 4.98 Å². The van der Waals surface area contributed by atoms with Gasteiger partial charge >= 0.3 is 0 Å². The molecule has 0 saturated carbocycles. The summed E-state index contributed by atoms with van der Waals surface area (Å²) in [6, 6.07) is 8.25. The van der Waals surface area contributed by atoms with Gasteiger partial charge in [0.05, 0.1) is 12.6 Å². The number of oxazole rings is 1. The zero-order valence-corrected chi connectivity index (χ0v) is 9.03. The van der Waals surface area contributed by atoms with E-state index in [1.807, 2.05) is 25.3 Å². The average molecular weight is 212 g/mol. The van der Waals surface area contributed by atoms with Crippen LogP contribution in [-0.2, 0) is 6.42 Å². The first-order valence-corrected chi connectivity index (χ1v) is 5.29. The fraction of sp³-hybridized carbons (Fsp3) is 0.154. The molecule has 0 amide bonds. The third-order valence-corrected chi connectivity index (χ3v) is 2.69. The van der Waals surface area contributed by atoms with Crippen molar-refractivity contribution in [2.45, 2.75) is 13.3 Å². The molecule has 1 N–H and O–H groups in total. The molecule has 2 aromatic heterocycles. The highest BCUT2D eigenvalue weighted by Gasteiger charge is 2.07. The highest BCUT2D eigenvalue weighted by atomic mass is 16.3. The summed E-state index contributed by atoms with van der Waals surface area (Å²) < 4.78 is 5.48. The van der Waals surface area contributed by atoms with Crippen LogP contribution >= 0.6 is 0 Å². The monoisotopic (exact) mass is 212 g/mol. The molecule has 0 saturated heterocycles. The molecule has 3 nitrogen and oxygen atoms in total. The van der Waals surface area contributed by atoms with E-state index in [-0.39, 0.29) is 0 Å². The van der Waals surface area contributed by atoms with E-state index in [0.29, 0.717) is 0 Å². The molecule has 1 aromatic carbocycles. The van der Waals surface area contributed by atoms with Gasteiger partial charge in [-0.1, -0.05) is 18.2 Å². The maximum absolute atomic E-state index is 5.48. The number of nitrogens with one attached hydrogen (secondary N) is 1. The topological polar surface area (TPSA) is 41.8 Å². The molecule has 0 radical (unpaired) electrons. The van der Waals surface area contributed by atoms with Gasteiger partial charge < -0.3 is 9.40 Å². The van der Waals surface area contributed by atoms with E-state index in [2.05, 4.69) is 22.1 Å². The van der Waals surface area contributed by atoms with Crippen molar-refractivity contribution in [3.8, 4) is 0 Å². The molecule has 0 spiro atoms. The Morgan fingerprint density at radius 1 is 1.31 bits per heavy atom. The van der Waals surface area contributed by atoms with Crippen molar-refractivity contribution in [1.29, 1.82) is 0 Å². The van der Waals surface area contributed by atoms with E-state index in [1.165, 1.54) is 10.9 Å². The molecule has 16 heavy (non-hydrogen) atoms. The Kier molecular flexibility index (Phi) is 2.03. The fourth-order valence-electron chi connectivity index (χ4n) is 1.92. The first-order valence-electron chi connectivity index (χ1n) is 5.29. The van der Waals surface area contributed by atoms with Crippen molar-refractivity contribution >= 4 is 10.9 Å². The number of aryl methyl sites for hydroxylation is 1. The lowest BCUT2D eigenvalue weighted by atomic mass is 10.1.